The number of benzene rings is 1. The number of ether oxygens (including phenoxy) is 1. The Morgan fingerprint density at radius 1 is 1.23 bits per heavy atom. The average Bonchev–Trinajstić information content (AvgIpc) is 3.10. The number of thioether (sulfide) groups is 1. The zero-order chi connectivity index (χ0) is 18.4. The Hall–Kier alpha value is -2.87. The predicted octanol–water partition coefficient (Wildman–Crippen LogP) is 3.10. The summed E-state index contributed by atoms with van der Waals surface area (Å²) in [7, 11) is 1.59. The highest BCUT2D eigenvalue weighted by molar-refractivity contribution is 7.99. The molecule has 0 radical (unpaired) electrons. The van der Waals surface area contributed by atoms with Gasteiger partial charge in [0.05, 0.1) is 12.9 Å². The van der Waals surface area contributed by atoms with Crippen LogP contribution in [-0.2, 0) is 11.3 Å². The van der Waals surface area contributed by atoms with E-state index in [1.165, 1.54) is 11.8 Å². The van der Waals surface area contributed by atoms with E-state index in [0.717, 1.165) is 5.69 Å². The molecule has 0 aliphatic rings. The maximum absolute atomic E-state index is 12.2. The molecule has 0 saturated heterocycles. The molecule has 3 aromatic rings. The van der Waals surface area contributed by atoms with Crippen molar-refractivity contribution in [1.29, 1.82) is 0 Å². The molecule has 1 N–H and O–H groups in total. The molecule has 0 spiro atoms. The van der Waals surface area contributed by atoms with Crippen molar-refractivity contribution in [3.63, 3.8) is 0 Å². The highest BCUT2D eigenvalue weighted by atomic mass is 32.2. The van der Waals surface area contributed by atoms with E-state index in [9.17, 15) is 4.79 Å². The zero-order valence-corrected chi connectivity index (χ0v) is 15.4. The molecule has 0 bridgehead atoms. The fraction of sp³-hybridized carbons (Fsp3) is 0.222. The normalized spacial score (nSPS) is 10.5. The quantitative estimate of drug-likeness (QED) is 0.645. The standard InChI is InChI=1S/C18H19N5O2S/c1-3-23-17(15-9-4-5-10-19-15)21-22-18(23)26-12-16(24)20-13-7-6-8-14(11-13)25-2/h4-11H,3,12H2,1-2H3,(H,20,24). The Morgan fingerprint density at radius 2 is 2.12 bits per heavy atom. The van der Waals surface area contributed by atoms with Gasteiger partial charge in [0.15, 0.2) is 11.0 Å². The third kappa shape index (κ3) is 4.20. The Balaban J connectivity index is 1.66. The smallest absolute Gasteiger partial charge is 0.234 e. The number of hydrogen-bond acceptors (Lipinski definition) is 6. The maximum atomic E-state index is 12.2. The van der Waals surface area contributed by atoms with E-state index in [2.05, 4.69) is 20.5 Å². The lowest BCUT2D eigenvalue weighted by Crippen LogP contribution is -2.14. The lowest BCUT2D eigenvalue weighted by Gasteiger charge is -2.08. The van der Waals surface area contributed by atoms with Gasteiger partial charge in [0.25, 0.3) is 0 Å². The lowest BCUT2D eigenvalue weighted by molar-refractivity contribution is -0.113. The fourth-order valence-electron chi connectivity index (χ4n) is 2.39. The van der Waals surface area contributed by atoms with Gasteiger partial charge in [-0.05, 0) is 31.2 Å². The van der Waals surface area contributed by atoms with Gasteiger partial charge in [-0.3, -0.25) is 9.78 Å². The Kier molecular flexibility index (Phi) is 5.85. The largest absolute Gasteiger partial charge is 0.497 e. The van der Waals surface area contributed by atoms with E-state index in [-0.39, 0.29) is 11.7 Å². The van der Waals surface area contributed by atoms with Crippen LogP contribution in [-0.4, -0.2) is 38.5 Å². The van der Waals surface area contributed by atoms with Crippen LogP contribution in [0.3, 0.4) is 0 Å². The Morgan fingerprint density at radius 3 is 2.85 bits per heavy atom. The summed E-state index contributed by atoms with van der Waals surface area (Å²) in [6, 6.07) is 12.9. The zero-order valence-electron chi connectivity index (χ0n) is 14.5. The number of hydrogen-bond donors (Lipinski definition) is 1. The van der Waals surface area contributed by atoms with Gasteiger partial charge in [0.2, 0.25) is 5.91 Å². The number of amides is 1. The first-order valence-electron chi connectivity index (χ1n) is 8.12. The lowest BCUT2D eigenvalue weighted by atomic mass is 10.3. The van der Waals surface area contributed by atoms with Crippen molar-refractivity contribution in [3.05, 3.63) is 48.7 Å². The van der Waals surface area contributed by atoms with Gasteiger partial charge < -0.3 is 14.6 Å². The van der Waals surface area contributed by atoms with Crippen molar-refractivity contribution in [1.82, 2.24) is 19.7 Å². The topological polar surface area (TPSA) is 81.9 Å². The fourth-order valence-corrected chi connectivity index (χ4v) is 3.20. The second-order valence-corrected chi connectivity index (χ2v) is 6.28. The first-order valence-corrected chi connectivity index (χ1v) is 9.11. The third-order valence-electron chi connectivity index (χ3n) is 3.61. The van der Waals surface area contributed by atoms with Gasteiger partial charge in [0.1, 0.15) is 11.4 Å². The summed E-state index contributed by atoms with van der Waals surface area (Å²) in [6.45, 7) is 2.70. The minimum atomic E-state index is -0.117. The van der Waals surface area contributed by atoms with E-state index < -0.39 is 0 Å². The molecule has 1 aromatic carbocycles. The first-order chi connectivity index (χ1) is 12.7. The SMILES string of the molecule is CCn1c(SCC(=O)Nc2cccc(OC)c2)nnc1-c1ccccn1. The van der Waals surface area contributed by atoms with Crippen LogP contribution in [0, 0.1) is 0 Å². The van der Waals surface area contributed by atoms with Gasteiger partial charge in [-0.25, -0.2) is 0 Å². The number of carbonyl (C=O) groups is 1. The van der Waals surface area contributed by atoms with Crippen molar-refractivity contribution in [2.75, 3.05) is 18.2 Å². The second kappa shape index (κ2) is 8.48. The van der Waals surface area contributed by atoms with Crippen molar-refractivity contribution < 1.29 is 9.53 Å². The van der Waals surface area contributed by atoms with Crippen molar-refractivity contribution >= 4 is 23.4 Å². The molecule has 26 heavy (non-hydrogen) atoms. The van der Waals surface area contributed by atoms with Crippen molar-refractivity contribution in [2.45, 2.75) is 18.6 Å². The molecule has 134 valence electrons. The molecule has 0 saturated carbocycles. The second-order valence-electron chi connectivity index (χ2n) is 5.33. The summed E-state index contributed by atoms with van der Waals surface area (Å²) >= 11 is 1.34. The van der Waals surface area contributed by atoms with Crippen LogP contribution in [0.15, 0.2) is 53.8 Å². The molecule has 0 atom stereocenters. The number of pyridine rings is 1. The van der Waals surface area contributed by atoms with Crippen LogP contribution in [0.4, 0.5) is 5.69 Å². The van der Waals surface area contributed by atoms with E-state index in [1.807, 2.05) is 47.9 Å². The average molecular weight is 369 g/mol. The number of anilines is 1. The summed E-state index contributed by atoms with van der Waals surface area (Å²) in [5.41, 5.74) is 1.45. The summed E-state index contributed by atoms with van der Waals surface area (Å²) < 4.78 is 7.11. The molecule has 1 amide bonds. The van der Waals surface area contributed by atoms with Gasteiger partial charge in [-0.15, -0.1) is 10.2 Å². The predicted molar refractivity (Wildman–Crippen MR) is 101 cm³/mol. The van der Waals surface area contributed by atoms with E-state index in [0.29, 0.717) is 29.0 Å². The van der Waals surface area contributed by atoms with Gasteiger partial charge in [-0.1, -0.05) is 23.9 Å². The minimum Gasteiger partial charge on any atom is -0.497 e. The van der Waals surface area contributed by atoms with Crippen molar-refractivity contribution in [3.8, 4) is 17.3 Å². The summed E-state index contributed by atoms with van der Waals surface area (Å²) in [4.78, 5) is 16.5. The highest BCUT2D eigenvalue weighted by Crippen LogP contribution is 2.23. The molecule has 0 aliphatic heterocycles. The summed E-state index contributed by atoms with van der Waals surface area (Å²) in [5.74, 6) is 1.51. The van der Waals surface area contributed by atoms with E-state index in [1.54, 1.807) is 19.4 Å². The van der Waals surface area contributed by atoms with E-state index in [4.69, 9.17) is 4.74 Å². The number of methoxy groups -OCH3 is 1. The maximum Gasteiger partial charge on any atom is 0.234 e. The van der Waals surface area contributed by atoms with Gasteiger partial charge in [-0.2, -0.15) is 0 Å². The van der Waals surface area contributed by atoms with Crippen LogP contribution in [0.1, 0.15) is 6.92 Å². The number of aromatic nitrogens is 4. The van der Waals surface area contributed by atoms with Crippen LogP contribution >= 0.6 is 11.8 Å². The van der Waals surface area contributed by atoms with Crippen LogP contribution in [0.2, 0.25) is 0 Å². The number of rotatable bonds is 7. The third-order valence-corrected chi connectivity index (χ3v) is 4.58. The monoisotopic (exact) mass is 369 g/mol. The van der Waals surface area contributed by atoms with Crippen LogP contribution < -0.4 is 10.1 Å². The number of nitrogens with one attached hydrogen (secondary N) is 1. The van der Waals surface area contributed by atoms with Crippen LogP contribution in [0.25, 0.3) is 11.5 Å². The minimum absolute atomic E-state index is 0.117. The molecular formula is C18H19N5O2S. The molecule has 3 rings (SSSR count). The van der Waals surface area contributed by atoms with Crippen LogP contribution in [0.5, 0.6) is 5.75 Å². The molecule has 2 heterocycles. The molecule has 0 aliphatic carbocycles. The molecule has 0 fully saturated rings. The summed E-state index contributed by atoms with van der Waals surface area (Å²) in [5, 5.41) is 12.0. The molecule has 7 nitrogen and oxygen atoms in total. The number of nitrogens with zero attached hydrogens (tertiary/aromatic N) is 4. The molecular weight excluding hydrogens is 350 g/mol. The first kappa shape index (κ1) is 17.9. The summed E-state index contributed by atoms with van der Waals surface area (Å²) in [6.07, 6.45) is 1.72. The van der Waals surface area contributed by atoms with Gasteiger partial charge >= 0.3 is 0 Å². The Labute approximate surface area is 155 Å². The van der Waals surface area contributed by atoms with E-state index >= 15 is 0 Å². The number of carbonyl (C=O) groups excluding carboxylic acids is 1. The molecule has 0 unspecified atom stereocenters. The molecule has 2 aromatic heterocycles. The van der Waals surface area contributed by atoms with Gasteiger partial charge in [0, 0.05) is 24.5 Å². The Bertz CT molecular complexity index is 882. The molecule has 8 heteroatoms. The van der Waals surface area contributed by atoms with Crippen molar-refractivity contribution in [2.24, 2.45) is 0 Å². The highest BCUT2D eigenvalue weighted by Gasteiger charge is 2.15.